The topological polar surface area (TPSA) is 35.2 Å². The average Bonchev–Trinajstić information content (AvgIpc) is 2.51. The van der Waals surface area contributed by atoms with Crippen molar-refractivity contribution in [2.75, 3.05) is 13.2 Å². The zero-order valence-corrected chi connectivity index (χ0v) is 12.4. The van der Waals surface area contributed by atoms with Crippen LogP contribution in [0.2, 0.25) is 5.02 Å². The predicted octanol–water partition coefficient (Wildman–Crippen LogP) is 3.70. The molecule has 0 amide bonds. The quantitative estimate of drug-likeness (QED) is 0.938. The van der Waals surface area contributed by atoms with Gasteiger partial charge in [-0.15, -0.1) is 0 Å². The van der Waals surface area contributed by atoms with Crippen LogP contribution in [0.1, 0.15) is 17.5 Å². The summed E-state index contributed by atoms with van der Waals surface area (Å²) in [5.74, 6) is 0.587. The highest BCUT2D eigenvalue weighted by molar-refractivity contribution is 6.31. The van der Waals surface area contributed by atoms with E-state index in [-0.39, 0.29) is 11.2 Å². The molecule has 0 fully saturated rings. The van der Waals surface area contributed by atoms with Gasteiger partial charge in [-0.05, 0) is 42.7 Å². The summed E-state index contributed by atoms with van der Waals surface area (Å²) in [7, 11) is 0. The lowest BCUT2D eigenvalue weighted by Crippen LogP contribution is -2.41. The molecule has 2 N–H and O–H groups in total. The zero-order chi connectivity index (χ0) is 14.9. The van der Waals surface area contributed by atoms with Gasteiger partial charge in [-0.1, -0.05) is 29.8 Å². The van der Waals surface area contributed by atoms with Gasteiger partial charge in [-0.3, -0.25) is 0 Å². The van der Waals surface area contributed by atoms with Crippen molar-refractivity contribution < 1.29 is 9.13 Å². The van der Waals surface area contributed by atoms with Gasteiger partial charge in [0.1, 0.15) is 11.6 Å². The number of para-hydroxylation sites is 1. The summed E-state index contributed by atoms with van der Waals surface area (Å²) in [6.07, 6.45) is 1.41. The molecule has 1 heterocycles. The van der Waals surface area contributed by atoms with Crippen LogP contribution < -0.4 is 10.5 Å². The molecule has 3 rings (SSSR count). The zero-order valence-electron chi connectivity index (χ0n) is 11.6. The van der Waals surface area contributed by atoms with Crippen molar-refractivity contribution in [3.8, 4) is 5.75 Å². The van der Waals surface area contributed by atoms with Gasteiger partial charge in [0, 0.05) is 22.5 Å². The highest BCUT2D eigenvalue weighted by atomic mass is 35.5. The molecule has 0 aliphatic carbocycles. The molecule has 21 heavy (non-hydrogen) atoms. The van der Waals surface area contributed by atoms with Crippen LogP contribution in [0.5, 0.6) is 5.75 Å². The first kappa shape index (κ1) is 14.4. The Morgan fingerprint density at radius 2 is 2.05 bits per heavy atom. The Kier molecular flexibility index (Phi) is 3.87. The first-order chi connectivity index (χ1) is 10.1. The molecule has 0 bridgehead atoms. The molecule has 0 saturated heterocycles. The minimum Gasteiger partial charge on any atom is -0.493 e. The van der Waals surface area contributed by atoms with Crippen LogP contribution in [0, 0.1) is 5.82 Å². The van der Waals surface area contributed by atoms with Crippen molar-refractivity contribution >= 4 is 11.6 Å². The fourth-order valence-corrected chi connectivity index (χ4v) is 3.22. The molecule has 0 aromatic heterocycles. The van der Waals surface area contributed by atoms with Crippen LogP contribution in [0.15, 0.2) is 42.5 Å². The summed E-state index contributed by atoms with van der Waals surface area (Å²) >= 11 is 6.22. The van der Waals surface area contributed by atoms with Crippen molar-refractivity contribution in [1.29, 1.82) is 0 Å². The molecule has 1 aliphatic heterocycles. The fourth-order valence-electron chi connectivity index (χ4n) is 3.03. The Balaban J connectivity index is 2.04. The lowest BCUT2D eigenvalue weighted by molar-refractivity contribution is 0.215. The Bertz CT molecular complexity index is 661. The summed E-state index contributed by atoms with van der Waals surface area (Å²) < 4.78 is 19.2. The summed E-state index contributed by atoms with van der Waals surface area (Å²) in [6, 6.07) is 12.4. The molecule has 2 aromatic rings. The van der Waals surface area contributed by atoms with Crippen LogP contribution in [0.25, 0.3) is 0 Å². The van der Waals surface area contributed by atoms with Crippen molar-refractivity contribution in [1.82, 2.24) is 0 Å². The average molecular weight is 306 g/mol. The second-order valence-electron chi connectivity index (χ2n) is 5.49. The van der Waals surface area contributed by atoms with E-state index in [0.717, 1.165) is 23.3 Å². The summed E-state index contributed by atoms with van der Waals surface area (Å²) in [5.41, 5.74) is 7.71. The van der Waals surface area contributed by atoms with E-state index < -0.39 is 0 Å². The summed E-state index contributed by atoms with van der Waals surface area (Å²) in [6.45, 7) is 1.08. The van der Waals surface area contributed by atoms with Crippen molar-refractivity contribution in [2.24, 2.45) is 5.73 Å². The molecule has 0 spiro atoms. The van der Waals surface area contributed by atoms with Crippen molar-refractivity contribution in [2.45, 2.75) is 18.3 Å². The molecule has 4 heteroatoms. The Morgan fingerprint density at radius 3 is 2.86 bits per heavy atom. The van der Waals surface area contributed by atoms with Crippen molar-refractivity contribution in [3.63, 3.8) is 0 Å². The van der Waals surface area contributed by atoms with Gasteiger partial charge < -0.3 is 10.5 Å². The highest BCUT2D eigenvalue weighted by Gasteiger charge is 2.37. The number of fused-ring (bicyclic) bond motifs is 1. The molecular formula is C17H17ClFNO. The number of hydrogen-bond acceptors (Lipinski definition) is 2. The third-order valence-corrected chi connectivity index (χ3v) is 4.59. The van der Waals surface area contributed by atoms with Gasteiger partial charge in [0.05, 0.1) is 6.61 Å². The van der Waals surface area contributed by atoms with Crippen molar-refractivity contribution in [3.05, 3.63) is 64.4 Å². The second-order valence-corrected chi connectivity index (χ2v) is 5.90. The second kappa shape index (κ2) is 5.66. The molecule has 0 saturated carbocycles. The number of nitrogens with two attached hydrogens (primary N) is 1. The van der Waals surface area contributed by atoms with E-state index in [1.807, 2.05) is 24.3 Å². The molecule has 1 atom stereocenters. The van der Waals surface area contributed by atoms with Crippen LogP contribution in [0.4, 0.5) is 4.39 Å². The Hall–Kier alpha value is -1.58. The van der Waals surface area contributed by atoms with E-state index in [2.05, 4.69) is 0 Å². The maximum absolute atomic E-state index is 13.5. The number of ether oxygens (including phenoxy) is 1. The monoisotopic (exact) mass is 305 g/mol. The Morgan fingerprint density at radius 1 is 1.24 bits per heavy atom. The van der Waals surface area contributed by atoms with Gasteiger partial charge in [0.2, 0.25) is 0 Å². The minimum absolute atomic E-state index is 0.258. The maximum atomic E-state index is 13.5. The molecule has 2 nitrogen and oxygen atoms in total. The normalized spacial score (nSPS) is 20.7. The maximum Gasteiger partial charge on any atom is 0.123 e. The van der Waals surface area contributed by atoms with E-state index in [9.17, 15) is 4.39 Å². The third kappa shape index (κ3) is 2.63. The number of rotatable bonds is 3. The van der Waals surface area contributed by atoms with Gasteiger partial charge in [-0.25, -0.2) is 4.39 Å². The lowest BCUT2D eigenvalue weighted by atomic mass is 9.72. The summed E-state index contributed by atoms with van der Waals surface area (Å²) in [4.78, 5) is 0. The van der Waals surface area contributed by atoms with E-state index >= 15 is 0 Å². The van der Waals surface area contributed by atoms with Gasteiger partial charge in [-0.2, -0.15) is 0 Å². The van der Waals surface area contributed by atoms with Gasteiger partial charge >= 0.3 is 0 Å². The van der Waals surface area contributed by atoms with Gasteiger partial charge in [0.25, 0.3) is 0 Å². The predicted molar refractivity (Wildman–Crippen MR) is 82.4 cm³/mol. The van der Waals surface area contributed by atoms with Crippen LogP contribution in [0.3, 0.4) is 0 Å². The molecule has 1 aliphatic rings. The van der Waals surface area contributed by atoms with E-state index in [0.29, 0.717) is 24.6 Å². The standard InChI is InChI=1S/C17H17ClFNO/c18-15-6-5-13(19)9-12(15)10-17(11-20)7-8-21-16-4-2-1-3-14(16)17/h1-6,9H,7-8,10-11,20H2. The third-order valence-electron chi connectivity index (χ3n) is 4.22. The number of benzene rings is 2. The van der Waals surface area contributed by atoms with Crippen LogP contribution >= 0.6 is 11.6 Å². The van der Waals surface area contributed by atoms with E-state index in [4.69, 9.17) is 22.1 Å². The SMILES string of the molecule is NCC1(Cc2cc(F)ccc2Cl)CCOc2ccccc21. The van der Waals surface area contributed by atoms with Crippen LogP contribution in [-0.2, 0) is 11.8 Å². The molecule has 1 unspecified atom stereocenters. The largest absolute Gasteiger partial charge is 0.493 e. The first-order valence-electron chi connectivity index (χ1n) is 7.01. The smallest absolute Gasteiger partial charge is 0.123 e. The highest BCUT2D eigenvalue weighted by Crippen LogP contribution is 2.41. The molecule has 110 valence electrons. The Labute approximate surface area is 128 Å². The fraction of sp³-hybridized carbons (Fsp3) is 0.294. The molecule has 0 radical (unpaired) electrons. The number of halogens is 2. The van der Waals surface area contributed by atoms with Gasteiger partial charge in [0.15, 0.2) is 0 Å². The molecular weight excluding hydrogens is 289 g/mol. The van der Waals surface area contributed by atoms with E-state index in [1.54, 1.807) is 6.07 Å². The minimum atomic E-state index is -0.276. The molecule has 2 aromatic carbocycles. The first-order valence-corrected chi connectivity index (χ1v) is 7.39. The van der Waals surface area contributed by atoms with E-state index in [1.165, 1.54) is 12.1 Å². The summed E-state index contributed by atoms with van der Waals surface area (Å²) in [5, 5.41) is 0.577. The number of hydrogen-bond donors (Lipinski definition) is 1. The lowest BCUT2D eigenvalue weighted by Gasteiger charge is -2.38. The van der Waals surface area contributed by atoms with Crippen LogP contribution in [-0.4, -0.2) is 13.2 Å².